The summed E-state index contributed by atoms with van der Waals surface area (Å²) in [6.45, 7) is 8.32. The highest BCUT2D eigenvalue weighted by atomic mass is 32.2. The van der Waals surface area contributed by atoms with Crippen molar-refractivity contribution in [2.45, 2.75) is 34.2 Å². The molecule has 1 heterocycles. The maximum absolute atomic E-state index is 12.1. The molecule has 0 radical (unpaired) electrons. The van der Waals surface area contributed by atoms with E-state index in [1.165, 1.54) is 11.1 Å². The van der Waals surface area contributed by atoms with Crippen LogP contribution >= 0.6 is 0 Å². The van der Waals surface area contributed by atoms with Crippen LogP contribution in [-0.4, -0.2) is 23.7 Å². The highest BCUT2D eigenvalue weighted by Gasteiger charge is 2.17. The van der Waals surface area contributed by atoms with Gasteiger partial charge >= 0.3 is 0 Å². The maximum atomic E-state index is 12.1. The highest BCUT2D eigenvalue weighted by Crippen LogP contribution is 2.30. The van der Waals surface area contributed by atoms with Crippen molar-refractivity contribution in [3.05, 3.63) is 58.9 Å². The molecule has 0 unspecified atom stereocenters. The van der Waals surface area contributed by atoms with E-state index in [4.69, 9.17) is 0 Å². The van der Waals surface area contributed by atoms with Gasteiger partial charge in [-0.1, -0.05) is 24.3 Å². The Balaban J connectivity index is 2.13. The van der Waals surface area contributed by atoms with Crippen molar-refractivity contribution in [3.8, 4) is 0 Å². The normalized spacial score (nSPS) is 11.8. The zero-order valence-electron chi connectivity index (χ0n) is 15.0. The molecule has 2 aromatic carbocycles. The largest absolute Gasteiger partial charge is 0.326 e. The molecule has 0 bridgehead atoms. The first-order valence-electron chi connectivity index (χ1n) is 8.32. The lowest BCUT2D eigenvalue weighted by Gasteiger charge is -2.14. The van der Waals surface area contributed by atoms with Crippen molar-refractivity contribution in [1.82, 2.24) is 9.55 Å². The van der Waals surface area contributed by atoms with Crippen molar-refractivity contribution in [2.24, 2.45) is 0 Å². The smallest absolute Gasteiger partial charge is 0.232 e. The summed E-state index contributed by atoms with van der Waals surface area (Å²) in [4.78, 5) is 4.50. The van der Waals surface area contributed by atoms with E-state index in [2.05, 4.69) is 39.4 Å². The summed E-state index contributed by atoms with van der Waals surface area (Å²) in [5.74, 6) is 0.0335. The summed E-state index contributed by atoms with van der Waals surface area (Å²) in [5.41, 5.74) is 6.59. The van der Waals surface area contributed by atoms with E-state index in [1.807, 2.05) is 26.0 Å². The summed E-state index contributed by atoms with van der Waals surface area (Å²) in [5, 5.41) is 0. The van der Waals surface area contributed by atoms with E-state index < -0.39 is 10.0 Å². The number of imidazole rings is 1. The first kappa shape index (κ1) is 17.5. The molecule has 0 saturated carbocycles. The summed E-state index contributed by atoms with van der Waals surface area (Å²) in [6, 6.07) is 10.3. The van der Waals surface area contributed by atoms with Crippen molar-refractivity contribution in [1.29, 1.82) is 0 Å². The molecule has 0 amide bonds. The van der Waals surface area contributed by atoms with Crippen LogP contribution in [0, 0.1) is 20.8 Å². The zero-order valence-corrected chi connectivity index (χ0v) is 15.8. The van der Waals surface area contributed by atoms with Crippen LogP contribution in [0.2, 0.25) is 0 Å². The Labute approximate surface area is 148 Å². The van der Waals surface area contributed by atoms with Gasteiger partial charge in [0, 0.05) is 6.54 Å². The molecule has 5 nitrogen and oxygen atoms in total. The van der Waals surface area contributed by atoms with Crippen LogP contribution < -0.4 is 4.72 Å². The molecular weight excluding hydrogens is 334 g/mol. The number of aryl methyl sites for hydroxylation is 2. The lowest BCUT2D eigenvalue weighted by molar-refractivity contribution is 0.602. The van der Waals surface area contributed by atoms with Gasteiger partial charge < -0.3 is 4.57 Å². The van der Waals surface area contributed by atoms with Gasteiger partial charge in [0.15, 0.2) is 0 Å². The number of benzene rings is 2. The Morgan fingerprint density at radius 3 is 2.52 bits per heavy atom. The SMILES string of the molecule is CCS(=O)(=O)Nc1c(C)c(C)cc2c1ncn2Cc1ccccc1C. The molecule has 0 saturated heterocycles. The van der Waals surface area contributed by atoms with Gasteiger partial charge in [-0.2, -0.15) is 0 Å². The number of sulfonamides is 1. The van der Waals surface area contributed by atoms with Gasteiger partial charge in [-0.05, 0) is 56.0 Å². The van der Waals surface area contributed by atoms with Crippen LogP contribution in [0.15, 0.2) is 36.7 Å². The first-order valence-corrected chi connectivity index (χ1v) is 9.97. The molecule has 25 heavy (non-hydrogen) atoms. The molecule has 0 aliphatic carbocycles. The minimum atomic E-state index is -3.36. The van der Waals surface area contributed by atoms with Gasteiger partial charge in [0.25, 0.3) is 0 Å². The standard InChI is InChI=1S/C19H23N3O2S/c1-5-25(23,24)21-18-15(4)14(3)10-17-19(18)20-12-22(17)11-16-9-7-6-8-13(16)2/h6-10,12,21H,5,11H2,1-4H3. The minimum Gasteiger partial charge on any atom is -0.326 e. The van der Waals surface area contributed by atoms with Crippen molar-refractivity contribution in [3.63, 3.8) is 0 Å². The average molecular weight is 357 g/mol. The molecule has 1 N–H and O–H groups in total. The number of rotatable bonds is 5. The molecular formula is C19H23N3O2S. The van der Waals surface area contributed by atoms with Crippen LogP contribution in [0.3, 0.4) is 0 Å². The van der Waals surface area contributed by atoms with Crippen LogP contribution in [0.5, 0.6) is 0 Å². The topological polar surface area (TPSA) is 64.0 Å². The Kier molecular flexibility index (Phi) is 4.56. The second kappa shape index (κ2) is 6.52. The predicted molar refractivity (Wildman–Crippen MR) is 103 cm³/mol. The van der Waals surface area contributed by atoms with Gasteiger partial charge in [-0.25, -0.2) is 13.4 Å². The molecule has 1 aromatic heterocycles. The number of nitrogens with one attached hydrogen (secondary N) is 1. The fourth-order valence-corrected chi connectivity index (χ4v) is 3.58. The van der Waals surface area contributed by atoms with Gasteiger partial charge in [0.1, 0.15) is 5.52 Å². The van der Waals surface area contributed by atoms with Crippen LogP contribution in [0.25, 0.3) is 11.0 Å². The molecule has 0 fully saturated rings. The third-order valence-corrected chi connectivity index (χ3v) is 5.95. The molecule has 0 spiro atoms. The Hall–Kier alpha value is -2.34. The second-order valence-corrected chi connectivity index (χ2v) is 8.38. The quantitative estimate of drug-likeness (QED) is 0.756. The van der Waals surface area contributed by atoms with E-state index in [0.29, 0.717) is 17.7 Å². The lowest BCUT2D eigenvalue weighted by Crippen LogP contribution is -2.16. The fraction of sp³-hybridized carbons (Fsp3) is 0.316. The zero-order chi connectivity index (χ0) is 18.2. The first-order chi connectivity index (χ1) is 11.8. The van der Waals surface area contributed by atoms with Crippen molar-refractivity contribution < 1.29 is 8.42 Å². The average Bonchev–Trinajstić information content (AvgIpc) is 2.96. The number of hydrogen-bond donors (Lipinski definition) is 1. The lowest BCUT2D eigenvalue weighted by atomic mass is 10.1. The summed E-state index contributed by atoms with van der Waals surface area (Å²) >= 11 is 0. The molecule has 3 rings (SSSR count). The molecule has 132 valence electrons. The third kappa shape index (κ3) is 3.39. The van der Waals surface area contributed by atoms with E-state index in [1.54, 1.807) is 13.3 Å². The minimum absolute atomic E-state index is 0.0335. The van der Waals surface area contributed by atoms with E-state index in [-0.39, 0.29) is 5.75 Å². The summed E-state index contributed by atoms with van der Waals surface area (Å²) < 4.78 is 28.9. The summed E-state index contributed by atoms with van der Waals surface area (Å²) in [7, 11) is -3.36. The maximum Gasteiger partial charge on any atom is 0.232 e. The Bertz CT molecular complexity index is 1040. The predicted octanol–water partition coefficient (Wildman–Crippen LogP) is 3.77. The molecule has 3 aromatic rings. The van der Waals surface area contributed by atoms with E-state index in [0.717, 1.165) is 16.6 Å². The van der Waals surface area contributed by atoms with Gasteiger partial charge in [-0.3, -0.25) is 4.72 Å². The van der Waals surface area contributed by atoms with Crippen molar-refractivity contribution >= 4 is 26.7 Å². The fourth-order valence-electron chi connectivity index (χ4n) is 2.87. The molecule has 0 atom stereocenters. The van der Waals surface area contributed by atoms with Gasteiger partial charge in [0.2, 0.25) is 10.0 Å². The molecule has 6 heteroatoms. The monoisotopic (exact) mass is 357 g/mol. The van der Waals surface area contributed by atoms with Crippen LogP contribution in [0.1, 0.15) is 29.2 Å². The third-order valence-electron chi connectivity index (χ3n) is 4.67. The number of aromatic nitrogens is 2. The van der Waals surface area contributed by atoms with E-state index in [9.17, 15) is 8.42 Å². The van der Waals surface area contributed by atoms with Crippen molar-refractivity contribution in [2.75, 3.05) is 10.5 Å². The number of hydrogen-bond acceptors (Lipinski definition) is 3. The molecule has 0 aliphatic heterocycles. The van der Waals surface area contributed by atoms with Gasteiger partial charge in [-0.15, -0.1) is 0 Å². The number of anilines is 1. The Morgan fingerprint density at radius 2 is 1.84 bits per heavy atom. The van der Waals surface area contributed by atoms with Crippen LogP contribution in [-0.2, 0) is 16.6 Å². The Morgan fingerprint density at radius 1 is 1.12 bits per heavy atom. The second-order valence-electron chi connectivity index (χ2n) is 6.37. The van der Waals surface area contributed by atoms with Gasteiger partial charge in [0.05, 0.1) is 23.3 Å². The van der Waals surface area contributed by atoms with Crippen LogP contribution in [0.4, 0.5) is 5.69 Å². The van der Waals surface area contributed by atoms with E-state index >= 15 is 0 Å². The number of fused-ring (bicyclic) bond motifs is 1. The molecule has 0 aliphatic rings. The highest BCUT2D eigenvalue weighted by molar-refractivity contribution is 7.92. The number of nitrogens with zero attached hydrogens (tertiary/aromatic N) is 2. The summed E-state index contributed by atoms with van der Waals surface area (Å²) in [6.07, 6.45) is 1.78.